The molecule has 17 heavy (non-hydrogen) atoms. The third-order valence-electron chi connectivity index (χ3n) is 2.94. The quantitative estimate of drug-likeness (QED) is 0.826. The van der Waals surface area contributed by atoms with Crippen molar-refractivity contribution in [3.05, 3.63) is 23.4 Å². The van der Waals surface area contributed by atoms with Gasteiger partial charge in [-0.3, -0.25) is 4.79 Å². The van der Waals surface area contributed by atoms with E-state index in [-0.39, 0.29) is 6.54 Å². The largest absolute Gasteiger partial charge is 0.481 e. The Morgan fingerprint density at radius 1 is 1.59 bits per heavy atom. The average Bonchev–Trinajstić information content (AvgIpc) is 2.29. The van der Waals surface area contributed by atoms with Crippen molar-refractivity contribution in [2.24, 2.45) is 5.92 Å². The molecule has 1 aliphatic rings. The lowest BCUT2D eigenvalue weighted by Crippen LogP contribution is -2.47. The van der Waals surface area contributed by atoms with Crippen molar-refractivity contribution >= 4 is 23.4 Å². The number of halogens is 1. The van der Waals surface area contributed by atoms with Crippen LogP contribution in [-0.4, -0.2) is 40.4 Å². The van der Waals surface area contributed by atoms with Gasteiger partial charge in [0.2, 0.25) is 0 Å². The van der Waals surface area contributed by atoms with Crippen molar-refractivity contribution in [2.45, 2.75) is 12.5 Å². The minimum atomic E-state index is -0.954. The first kappa shape index (κ1) is 12.1. The topological polar surface area (TPSA) is 73.7 Å². The second kappa shape index (κ2) is 4.89. The van der Waals surface area contributed by atoms with Crippen LogP contribution in [0.15, 0.2) is 18.3 Å². The smallest absolute Gasteiger partial charge is 0.309 e. The van der Waals surface area contributed by atoms with Crippen LogP contribution >= 0.6 is 11.6 Å². The molecule has 2 unspecified atom stereocenters. The summed E-state index contributed by atoms with van der Waals surface area (Å²) in [6.45, 7) is 0.776. The van der Waals surface area contributed by atoms with E-state index in [2.05, 4.69) is 4.98 Å². The summed E-state index contributed by atoms with van der Waals surface area (Å²) in [5, 5.41) is 19.2. The summed E-state index contributed by atoms with van der Waals surface area (Å²) in [6, 6.07) is 3.45. The molecule has 1 aromatic heterocycles. The van der Waals surface area contributed by atoms with E-state index in [0.717, 1.165) is 0 Å². The molecule has 0 spiro atoms. The number of rotatable bonds is 2. The van der Waals surface area contributed by atoms with Gasteiger partial charge in [0, 0.05) is 19.3 Å². The molecule has 0 aromatic carbocycles. The van der Waals surface area contributed by atoms with Crippen molar-refractivity contribution < 1.29 is 15.0 Å². The minimum absolute atomic E-state index is 0.244. The van der Waals surface area contributed by atoms with E-state index in [1.807, 2.05) is 4.90 Å². The van der Waals surface area contributed by atoms with Crippen LogP contribution in [0, 0.1) is 5.92 Å². The van der Waals surface area contributed by atoms with Gasteiger partial charge in [-0.1, -0.05) is 11.6 Å². The van der Waals surface area contributed by atoms with Crippen molar-refractivity contribution in [1.82, 2.24) is 4.98 Å². The van der Waals surface area contributed by atoms with E-state index >= 15 is 0 Å². The zero-order chi connectivity index (χ0) is 12.4. The highest BCUT2D eigenvalue weighted by Crippen LogP contribution is 2.27. The zero-order valence-electron chi connectivity index (χ0n) is 9.08. The number of pyridine rings is 1. The monoisotopic (exact) mass is 256 g/mol. The number of aliphatic hydroxyl groups excluding tert-OH is 1. The highest BCUT2D eigenvalue weighted by atomic mass is 35.5. The van der Waals surface area contributed by atoms with Crippen LogP contribution in [0.4, 0.5) is 5.82 Å². The first-order valence-corrected chi connectivity index (χ1v) is 5.73. The molecule has 0 bridgehead atoms. The molecule has 2 N–H and O–H groups in total. The number of aliphatic carboxylic acids is 1. The lowest BCUT2D eigenvalue weighted by atomic mass is 9.94. The van der Waals surface area contributed by atoms with E-state index < -0.39 is 18.0 Å². The number of nitrogens with zero attached hydrogens (tertiary/aromatic N) is 2. The molecule has 92 valence electrons. The Kier molecular flexibility index (Phi) is 3.49. The van der Waals surface area contributed by atoms with Gasteiger partial charge >= 0.3 is 5.97 Å². The predicted octanol–water partition coefficient (Wildman–Crippen LogP) is 1.01. The van der Waals surface area contributed by atoms with Crippen LogP contribution in [0.3, 0.4) is 0 Å². The van der Waals surface area contributed by atoms with Gasteiger partial charge in [-0.15, -0.1) is 0 Å². The average molecular weight is 257 g/mol. The van der Waals surface area contributed by atoms with Gasteiger partial charge in [-0.05, 0) is 18.6 Å². The van der Waals surface area contributed by atoms with Crippen molar-refractivity contribution in [2.75, 3.05) is 18.0 Å². The highest BCUT2D eigenvalue weighted by molar-refractivity contribution is 6.32. The fraction of sp³-hybridized carbons (Fsp3) is 0.455. The van der Waals surface area contributed by atoms with Crippen LogP contribution in [0.1, 0.15) is 6.42 Å². The number of β-amino-alcohol motifs (C(OH)–C–C–N with tert-alkyl or cyclic N) is 1. The van der Waals surface area contributed by atoms with Gasteiger partial charge < -0.3 is 15.1 Å². The van der Waals surface area contributed by atoms with E-state index in [1.165, 1.54) is 0 Å². The molecular weight excluding hydrogens is 244 g/mol. The molecule has 2 atom stereocenters. The number of carboxylic acids is 1. The molecule has 0 aliphatic carbocycles. The molecule has 1 fully saturated rings. The molecule has 0 amide bonds. The van der Waals surface area contributed by atoms with Gasteiger partial charge in [0.15, 0.2) is 0 Å². The van der Waals surface area contributed by atoms with Gasteiger partial charge in [0.1, 0.15) is 5.82 Å². The lowest BCUT2D eigenvalue weighted by Gasteiger charge is -2.34. The maximum Gasteiger partial charge on any atom is 0.309 e. The molecule has 1 aromatic rings. The number of hydrogen-bond acceptors (Lipinski definition) is 4. The summed E-state index contributed by atoms with van der Waals surface area (Å²) < 4.78 is 0. The Morgan fingerprint density at radius 3 is 2.94 bits per heavy atom. The number of piperidine rings is 1. The summed E-state index contributed by atoms with van der Waals surface area (Å²) >= 11 is 6.00. The van der Waals surface area contributed by atoms with Crippen LogP contribution in [0.5, 0.6) is 0 Å². The molecule has 1 saturated heterocycles. The Hall–Kier alpha value is -1.33. The third-order valence-corrected chi connectivity index (χ3v) is 3.23. The standard InChI is InChI=1S/C11H13ClN2O3/c12-8-2-1-4-13-10(8)14-5-3-7(11(16)17)9(15)6-14/h1-2,4,7,9,15H,3,5-6H2,(H,16,17). The maximum absolute atomic E-state index is 10.9. The van der Waals surface area contributed by atoms with Gasteiger partial charge in [-0.25, -0.2) is 4.98 Å². The zero-order valence-corrected chi connectivity index (χ0v) is 9.84. The number of aromatic nitrogens is 1. The summed E-state index contributed by atoms with van der Waals surface area (Å²) in [5.74, 6) is -1.06. The molecule has 6 heteroatoms. The Morgan fingerprint density at radius 2 is 2.35 bits per heavy atom. The van der Waals surface area contributed by atoms with Crippen molar-refractivity contribution in [3.8, 4) is 0 Å². The summed E-state index contributed by atoms with van der Waals surface area (Å²) in [6.07, 6.45) is 1.12. The second-order valence-electron chi connectivity index (χ2n) is 4.06. The van der Waals surface area contributed by atoms with E-state index in [9.17, 15) is 9.90 Å². The third kappa shape index (κ3) is 2.50. The van der Waals surface area contributed by atoms with E-state index in [0.29, 0.717) is 23.8 Å². The molecule has 5 nitrogen and oxygen atoms in total. The lowest BCUT2D eigenvalue weighted by molar-refractivity contribution is -0.146. The Balaban J connectivity index is 2.12. The van der Waals surface area contributed by atoms with Gasteiger partial charge in [0.05, 0.1) is 17.0 Å². The van der Waals surface area contributed by atoms with E-state index in [4.69, 9.17) is 16.7 Å². The SMILES string of the molecule is O=C(O)C1CCN(c2ncccc2Cl)CC1O. The summed E-state index contributed by atoms with van der Waals surface area (Å²) in [7, 11) is 0. The van der Waals surface area contributed by atoms with Crippen molar-refractivity contribution in [1.29, 1.82) is 0 Å². The summed E-state index contributed by atoms with van der Waals surface area (Å²) in [4.78, 5) is 16.8. The second-order valence-corrected chi connectivity index (χ2v) is 4.46. The molecule has 2 rings (SSSR count). The number of hydrogen-bond donors (Lipinski definition) is 2. The highest BCUT2D eigenvalue weighted by Gasteiger charge is 2.33. The molecule has 0 saturated carbocycles. The molecular formula is C11H13ClN2O3. The van der Waals surface area contributed by atoms with Gasteiger partial charge in [0.25, 0.3) is 0 Å². The number of aliphatic hydroxyl groups is 1. The van der Waals surface area contributed by atoms with Gasteiger partial charge in [-0.2, -0.15) is 0 Å². The fourth-order valence-electron chi connectivity index (χ4n) is 2.02. The van der Waals surface area contributed by atoms with Crippen LogP contribution in [0.2, 0.25) is 5.02 Å². The van der Waals surface area contributed by atoms with E-state index in [1.54, 1.807) is 18.3 Å². The number of carboxylic acid groups (broad SMARTS) is 1. The Labute approximate surface area is 104 Å². The Bertz CT molecular complexity index is 427. The van der Waals surface area contributed by atoms with Crippen LogP contribution < -0.4 is 4.90 Å². The van der Waals surface area contributed by atoms with Crippen molar-refractivity contribution in [3.63, 3.8) is 0 Å². The van der Waals surface area contributed by atoms with Crippen LogP contribution in [-0.2, 0) is 4.79 Å². The normalized spacial score (nSPS) is 24.7. The predicted molar refractivity (Wildman–Crippen MR) is 63.2 cm³/mol. The first-order valence-electron chi connectivity index (χ1n) is 5.36. The number of anilines is 1. The maximum atomic E-state index is 10.9. The fourth-order valence-corrected chi connectivity index (χ4v) is 2.26. The first-order chi connectivity index (χ1) is 8.09. The molecule has 2 heterocycles. The molecule has 0 radical (unpaired) electrons. The summed E-state index contributed by atoms with van der Waals surface area (Å²) in [5.41, 5.74) is 0. The molecule has 1 aliphatic heterocycles. The number of carbonyl (C=O) groups is 1. The van der Waals surface area contributed by atoms with Crippen LogP contribution in [0.25, 0.3) is 0 Å². The minimum Gasteiger partial charge on any atom is -0.481 e.